The van der Waals surface area contributed by atoms with Crippen molar-refractivity contribution in [2.75, 3.05) is 5.73 Å². The van der Waals surface area contributed by atoms with E-state index in [1.807, 2.05) is 30.3 Å². The molecule has 20 heavy (non-hydrogen) atoms. The second-order valence-electron chi connectivity index (χ2n) is 5.03. The number of hydrogen-bond donors (Lipinski definition) is 1. The molecule has 2 N–H and O–H groups in total. The van der Waals surface area contributed by atoms with Gasteiger partial charge >= 0.3 is 0 Å². The molecule has 1 aliphatic carbocycles. The number of pyridine rings is 1. The van der Waals surface area contributed by atoms with Crippen LogP contribution in [0.25, 0.3) is 0 Å². The fourth-order valence-corrected chi connectivity index (χ4v) is 2.21. The highest BCUT2D eigenvalue weighted by Gasteiger charge is 2.31. The maximum atomic E-state index is 5.83. The molecular formula is C16H18N2O2. The molecule has 3 rings (SSSR count). The number of rotatable bonds is 5. The molecule has 1 heterocycles. The molecule has 0 aliphatic heterocycles. The Morgan fingerprint density at radius 1 is 1.00 bits per heavy atom. The zero-order chi connectivity index (χ0) is 13.8. The molecule has 0 saturated heterocycles. The Bertz CT molecular complexity index is 553. The van der Waals surface area contributed by atoms with Gasteiger partial charge in [-0.05, 0) is 11.6 Å². The quantitative estimate of drug-likeness (QED) is 0.907. The zero-order valence-electron chi connectivity index (χ0n) is 11.2. The van der Waals surface area contributed by atoms with Crippen LogP contribution in [0.4, 0.5) is 5.82 Å². The van der Waals surface area contributed by atoms with E-state index in [-0.39, 0.29) is 12.2 Å². The lowest BCUT2D eigenvalue weighted by Crippen LogP contribution is -2.39. The van der Waals surface area contributed by atoms with Gasteiger partial charge in [0.2, 0.25) is 5.88 Å². The highest BCUT2D eigenvalue weighted by atomic mass is 16.5. The molecule has 104 valence electrons. The van der Waals surface area contributed by atoms with Crippen LogP contribution < -0.4 is 10.5 Å². The molecule has 0 atom stereocenters. The number of ether oxygens (including phenoxy) is 2. The molecular weight excluding hydrogens is 252 g/mol. The molecule has 0 bridgehead atoms. The minimum Gasteiger partial charge on any atom is -0.474 e. The Morgan fingerprint density at radius 3 is 2.55 bits per heavy atom. The van der Waals surface area contributed by atoms with Gasteiger partial charge in [0.05, 0.1) is 12.7 Å². The monoisotopic (exact) mass is 270 g/mol. The van der Waals surface area contributed by atoms with Crippen LogP contribution in [0.1, 0.15) is 18.4 Å². The zero-order valence-corrected chi connectivity index (χ0v) is 11.2. The topological polar surface area (TPSA) is 57.4 Å². The number of nitrogen functional groups attached to an aromatic ring is 1. The standard InChI is InChI=1S/C16H18N2O2/c17-15-7-4-8-16(18-15)20-14-9-13(10-14)19-11-12-5-2-1-3-6-12/h1-8,13-14H,9-11H2,(H2,17,18). The van der Waals surface area contributed by atoms with Gasteiger partial charge in [-0.25, -0.2) is 0 Å². The van der Waals surface area contributed by atoms with Crippen LogP contribution >= 0.6 is 0 Å². The molecule has 1 fully saturated rings. The first-order chi connectivity index (χ1) is 9.79. The number of aromatic nitrogens is 1. The molecule has 1 aromatic carbocycles. The Hall–Kier alpha value is -2.07. The van der Waals surface area contributed by atoms with Gasteiger partial charge in [0, 0.05) is 18.9 Å². The maximum Gasteiger partial charge on any atom is 0.215 e. The number of hydrogen-bond acceptors (Lipinski definition) is 4. The summed E-state index contributed by atoms with van der Waals surface area (Å²) < 4.78 is 11.6. The van der Waals surface area contributed by atoms with Crippen LogP contribution in [-0.4, -0.2) is 17.2 Å². The van der Waals surface area contributed by atoms with Gasteiger partial charge in [-0.3, -0.25) is 0 Å². The second-order valence-corrected chi connectivity index (χ2v) is 5.03. The molecule has 0 radical (unpaired) electrons. The fraction of sp³-hybridized carbons (Fsp3) is 0.312. The highest BCUT2D eigenvalue weighted by Crippen LogP contribution is 2.28. The lowest BCUT2D eigenvalue weighted by atomic mass is 9.92. The summed E-state index contributed by atoms with van der Waals surface area (Å²) in [6, 6.07) is 15.6. The van der Waals surface area contributed by atoms with E-state index in [0.29, 0.717) is 18.3 Å². The van der Waals surface area contributed by atoms with Gasteiger partial charge < -0.3 is 15.2 Å². The van der Waals surface area contributed by atoms with E-state index in [1.165, 1.54) is 5.56 Å². The molecule has 1 aromatic heterocycles. The molecule has 1 aliphatic rings. The van der Waals surface area contributed by atoms with E-state index in [9.17, 15) is 0 Å². The molecule has 4 nitrogen and oxygen atoms in total. The van der Waals surface area contributed by atoms with Crippen LogP contribution in [0.15, 0.2) is 48.5 Å². The number of anilines is 1. The lowest BCUT2D eigenvalue weighted by Gasteiger charge is -2.34. The maximum absolute atomic E-state index is 5.83. The van der Waals surface area contributed by atoms with E-state index >= 15 is 0 Å². The van der Waals surface area contributed by atoms with Crippen LogP contribution in [0, 0.1) is 0 Å². The van der Waals surface area contributed by atoms with E-state index in [4.69, 9.17) is 15.2 Å². The van der Waals surface area contributed by atoms with Crippen molar-refractivity contribution in [1.29, 1.82) is 0 Å². The van der Waals surface area contributed by atoms with Gasteiger partial charge in [0.25, 0.3) is 0 Å². The molecule has 2 aromatic rings. The highest BCUT2D eigenvalue weighted by molar-refractivity contribution is 5.31. The smallest absolute Gasteiger partial charge is 0.215 e. The van der Waals surface area contributed by atoms with Gasteiger partial charge in [0.1, 0.15) is 11.9 Å². The number of benzene rings is 1. The molecule has 1 saturated carbocycles. The summed E-state index contributed by atoms with van der Waals surface area (Å²) in [7, 11) is 0. The van der Waals surface area contributed by atoms with Crippen molar-refractivity contribution < 1.29 is 9.47 Å². The SMILES string of the molecule is Nc1cccc(OC2CC(OCc3ccccc3)C2)n1. The first-order valence-electron chi connectivity index (χ1n) is 6.84. The fourth-order valence-electron chi connectivity index (χ4n) is 2.21. The number of nitrogens with two attached hydrogens (primary N) is 1. The Kier molecular flexibility index (Phi) is 3.83. The first kappa shape index (κ1) is 12.9. The Balaban J connectivity index is 1.41. The first-order valence-corrected chi connectivity index (χ1v) is 6.84. The van der Waals surface area contributed by atoms with Crippen molar-refractivity contribution in [3.63, 3.8) is 0 Å². The summed E-state index contributed by atoms with van der Waals surface area (Å²) in [5, 5.41) is 0. The summed E-state index contributed by atoms with van der Waals surface area (Å²) >= 11 is 0. The van der Waals surface area contributed by atoms with E-state index < -0.39 is 0 Å². The molecule has 0 spiro atoms. The second kappa shape index (κ2) is 5.92. The van der Waals surface area contributed by atoms with Crippen molar-refractivity contribution in [2.45, 2.75) is 31.7 Å². The Labute approximate surface area is 118 Å². The number of nitrogens with zero attached hydrogens (tertiary/aromatic N) is 1. The van der Waals surface area contributed by atoms with Crippen LogP contribution in [0.3, 0.4) is 0 Å². The Morgan fingerprint density at radius 2 is 1.80 bits per heavy atom. The van der Waals surface area contributed by atoms with Crippen molar-refractivity contribution in [2.24, 2.45) is 0 Å². The average molecular weight is 270 g/mol. The van der Waals surface area contributed by atoms with Gasteiger partial charge in [-0.2, -0.15) is 4.98 Å². The van der Waals surface area contributed by atoms with E-state index in [2.05, 4.69) is 17.1 Å². The third kappa shape index (κ3) is 3.27. The van der Waals surface area contributed by atoms with Crippen LogP contribution in [0.2, 0.25) is 0 Å². The normalized spacial score (nSPS) is 21.2. The minimum absolute atomic E-state index is 0.185. The molecule has 4 heteroatoms. The summed E-state index contributed by atoms with van der Waals surface area (Å²) in [4.78, 5) is 4.13. The third-order valence-electron chi connectivity index (χ3n) is 3.41. The van der Waals surface area contributed by atoms with Crippen molar-refractivity contribution >= 4 is 5.82 Å². The summed E-state index contributed by atoms with van der Waals surface area (Å²) in [5.41, 5.74) is 6.82. The van der Waals surface area contributed by atoms with Crippen molar-refractivity contribution in [3.05, 3.63) is 54.1 Å². The average Bonchev–Trinajstić information content (AvgIpc) is 2.42. The summed E-state index contributed by atoms with van der Waals surface area (Å²) in [6.07, 6.45) is 2.28. The molecule has 0 amide bonds. The van der Waals surface area contributed by atoms with Crippen molar-refractivity contribution in [1.82, 2.24) is 4.98 Å². The third-order valence-corrected chi connectivity index (χ3v) is 3.41. The van der Waals surface area contributed by atoms with Gasteiger partial charge in [-0.1, -0.05) is 36.4 Å². The predicted molar refractivity (Wildman–Crippen MR) is 77.3 cm³/mol. The van der Waals surface area contributed by atoms with E-state index in [0.717, 1.165) is 12.8 Å². The summed E-state index contributed by atoms with van der Waals surface area (Å²) in [6.45, 7) is 0.661. The van der Waals surface area contributed by atoms with Gasteiger partial charge in [0.15, 0.2) is 0 Å². The predicted octanol–water partition coefficient (Wildman–Crippen LogP) is 2.79. The van der Waals surface area contributed by atoms with Crippen molar-refractivity contribution in [3.8, 4) is 5.88 Å². The minimum atomic E-state index is 0.185. The molecule has 0 unspecified atom stereocenters. The van der Waals surface area contributed by atoms with Crippen LogP contribution in [0.5, 0.6) is 5.88 Å². The van der Waals surface area contributed by atoms with Gasteiger partial charge in [-0.15, -0.1) is 0 Å². The largest absolute Gasteiger partial charge is 0.474 e. The van der Waals surface area contributed by atoms with E-state index in [1.54, 1.807) is 6.07 Å². The van der Waals surface area contributed by atoms with Crippen LogP contribution in [-0.2, 0) is 11.3 Å². The summed E-state index contributed by atoms with van der Waals surface area (Å²) in [5.74, 6) is 1.08. The lowest BCUT2D eigenvalue weighted by molar-refractivity contribution is -0.0694.